The minimum Gasteiger partial charge on any atom is -0.480 e. The van der Waals surface area contributed by atoms with Crippen LogP contribution in [0.4, 0.5) is 0 Å². The fourth-order valence-corrected chi connectivity index (χ4v) is 2.02. The van der Waals surface area contributed by atoms with E-state index in [9.17, 15) is 9.59 Å². The Morgan fingerprint density at radius 2 is 1.95 bits per heavy atom. The van der Waals surface area contributed by atoms with E-state index in [-0.39, 0.29) is 12.5 Å². The molecule has 0 spiro atoms. The van der Waals surface area contributed by atoms with Gasteiger partial charge in [-0.1, -0.05) is 31.2 Å². The third-order valence-corrected chi connectivity index (χ3v) is 3.04. The van der Waals surface area contributed by atoms with E-state index in [0.717, 1.165) is 17.5 Å². The highest BCUT2D eigenvalue weighted by atomic mass is 16.4. The first-order chi connectivity index (χ1) is 9.04. The van der Waals surface area contributed by atoms with Gasteiger partial charge in [-0.2, -0.15) is 0 Å². The predicted octanol–water partition coefficient (Wildman–Crippen LogP) is 2.25. The Labute approximate surface area is 114 Å². The number of amides is 1. The first-order valence-electron chi connectivity index (χ1n) is 6.58. The topological polar surface area (TPSA) is 57.6 Å². The average molecular weight is 263 g/mol. The highest BCUT2D eigenvalue weighted by molar-refractivity contribution is 5.81. The summed E-state index contributed by atoms with van der Waals surface area (Å²) >= 11 is 0. The zero-order valence-electron chi connectivity index (χ0n) is 11.6. The van der Waals surface area contributed by atoms with Crippen LogP contribution in [0.2, 0.25) is 0 Å². The lowest BCUT2D eigenvalue weighted by Gasteiger charge is -2.20. The van der Waals surface area contributed by atoms with Crippen molar-refractivity contribution < 1.29 is 14.7 Å². The van der Waals surface area contributed by atoms with E-state index in [4.69, 9.17) is 5.11 Å². The van der Waals surface area contributed by atoms with Gasteiger partial charge >= 0.3 is 5.97 Å². The number of carbonyl (C=O) groups is 2. The Morgan fingerprint density at radius 1 is 1.26 bits per heavy atom. The van der Waals surface area contributed by atoms with Crippen molar-refractivity contribution in [3.63, 3.8) is 0 Å². The predicted molar refractivity (Wildman–Crippen MR) is 74.0 cm³/mol. The van der Waals surface area contributed by atoms with Crippen LogP contribution in [-0.2, 0) is 16.0 Å². The highest BCUT2D eigenvalue weighted by Crippen LogP contribution is 2.10. The summed E-state index contributed by atoms with van der Waals surface area (Å²) < 4.78 is 0. The molecular weight excluding hydrogens is 242 g/mol. The second kappa shape index (κ2) is 7.56. The molecule has 104 valence electrons. The number of carboxylic acids is 1. The van der Waals surface area contributed by atoms with Gasteiger partial charge in [0.2, 0.25) is 5.91 Å². The van der Waals surface area contributed by atoms with Gasteiger partial charge in [-0.25, -0.2) is 0 Å². The third-order valence-electron chi connectivity index (χ3n) is 3.04. The molecule has 0 saturated heterocycles. The van der Waals surface area contributed by atoms with Crippen molar-refractivity contribution in [2.24, 2.45) is 0 Å². The number of carbonyl (C=O) groups excluding carboxylic acids is 1. The summed E-state index contributed by atoms with van der Waals surface area (Å²) in [6.07, 6.45) is 1.78. The van der Waals surface area contributed by atoms with Gasteiger partial charge in [0.05, 0.1) is 0 Å². The fraction of sp³-hybridized carbons (Fsp3) is 0.467. The van der Waals surface area contributed by atoms with Gasteiger partial charge in [-0.15, -0.1) is 0 Å². The van der Waals surface area contributed by atoms with Crippen LogP contribution in [0.15, 0.2) is 24.3 Å². The Balaban J connectivity index is 2.57. The minimum atomic E-state index is -0.960. The summed E-state index contributed by atoms with van der Waals surface area (Å²) in [5.41, 5.74) is 2.30. The number of hydrogen-bond donors (Lipinski definition) is 1. The average Bonchev–Trinajstić information content (AvgIpc) is 2.36. The number of hydrogen-bond acceptors (Lipinski definition) is 2. The summed E-state index contributed by atoms with van der Waals surface area (Å²) in [5.74, 6) is -1.05. The second-order valence-electron chi connectivity index (χ2n) is 4.64. The largest absolute Gasteiger partial charge is 0.480 e. The molecule has 4 heteroatoms. The molecule has 0 radical (unpaired) electrons. The lowest BCUT2D eigenvalue weighted by Crippen LogP contribution is -2.36. The van der Waals surface area contributed by atoms with E-state index in [1.807, 2.05) is 38.1 Å². The van der Waals surface area contributed by atoms with E-state index in [0.29, 0.717) is 19.4 Å². The summed E-state index contributed by atoms with van der Waals surface area (Å²) in [6.45, 7) is 4.24. The number of nitrogens with zero attached hydrogens (tertiary/aromatic N) is 1. The fourth-order valence-electron chi connectivity index (χ4n) is 2.02. The van der Waals surface area contributed by atoms with E-state index >= 15 is 0 Å². The molecule has 0 saturated carbocycles. The monoisotopic (exact) mass is 263 g/mol. The molecule has 1 aromatic carbocycles. The number of aryl methyl sites for hydroxylation is 2. The molecule has 19 heavy (non-hydrogen) atoms. The van der Waals surface area contributed by atoms with Crippen LogP contribution in [0, 0.1) is 6.92 Å². The Morgan fingerprint density at radius 3 is 2.53 bits per heavy atom. The minimum absolute atomic E-state index is 0.0903. The number of carboxylic acid groups (broad SMARTS) is 1. The van der Waals surface area contributed by atoms with Gasteiger partial charge in [-0.05, 0) is 30.9 Å². The standard InChI is InChI=1S/C15H21NO3/c1-3-10-16(11-15(18)19)14(17)9-8-13-7-5-4-6-12(13)2/h4-7H,3,8-11H2,1-2H3,(H,18,19). The lowest BCUT2D eigenvalue weighted by molar-refractivity contribution is -0.144. The molecule has 1 N–H and O–H groups in total. The van der Waals surface area contributed by atoms with Crippen LogP contribution in [0.25, 0.3) is 0 Å². The van der Waals surface area contributed by atoms with Gasteiger partial charge in [0, 0.05) is 13.0 Å². The van der Waals surface area contributed by atoms with Crippen LogP contribution >= 0.6 is 0 Å². The molecule has 0 heterocycles. The highest BCUT2D eigenvalue weighted by Gasteiger charge is 2.15. The first-order valence-corrected chi connectivity index (χ1v) is 6.58. The second-order valence-corrected chi connectivity index (χ2v) is 4.64. The molecule has 0 aliphatic carbocycles. The SMILES string of the molecule is CCCN(CC(=O)O)C(=O)CCc1ccccc1C. The molecule has 1 amide bonds. The van der Waals surface area contributed by atoms with Gasteiger partial charge in [0.15, 0.2) is 0 Å². The molecule has 4 nitrogen and oxygen atoms in total. The summed E-state index contributed by atoms with van der Waals surface area (Å²) in [4.78, 5) is 24.2. The van der Waals surface area contributed by atoms with Gasteiger partial charge in [0.25, 0.3) is 0 Å². The molecular formula is C15H21NO3. The number of rotatable bonds is 7. The van der Waals surface area contributed by atoms with Gasteiger partial charge in [0.1, 0.15) is 6.54 Å². The van der Waals surface area contributed by atoms with Gasteiger partial charge < -0.3 is 10.0 Å². The molecule has 0 fully saturated rings. The molecule has 0 atom stereocenters. The van der Waals surface area contributed by atoms with Crippen molar-refractivity contribution >= 4 is 11.9 Å². The Bertz CT molecular complexity index is 443. The smallest absolute Gasteiger partial charge is 0.323 e. The third kappa shape index (κ3) is 5.12. The van der Waals surface area contributed by atoms with E-state index < -0.39 is 5.97 Å². The first kappa shape index (κ1) is 15.2. The maximum Gasteiger partial charge on any atom is 0.323 e. The van der Waals surface area contributed by atoms with Crippen molar-refractivity contribution in [2.45, 2.75) is 33.1 Å². The molecule has 0 aliphatic rings. The molecule has 0 bridgehead atoms. The van der Waals surface area contributed by atoms with Crippen molar-refractivity contribution in [1.82, 2.24) is 4.90 Å². The normalized spacial score (nSPS) is 10.2. The van der Waals surface area contributed by atoms with Crippen LogP contribution in [0.5, 0.6) is 0 Å². The zero-order valence-corrected chi connectivity index (χ0v) is 11.6. The van der Waals surface area contributed by atoms with Crippen molar-refractivity contribution in [3.8, 4) is 0 Å². The molecule has 1 aromatic rings. The molecule has 0 unspecified atom stereocenters. The maximum absolute atomic E-state index is 12.0. The van der Waals surface area contributed by atoms with Crippen molar-refractivity contribution in [1.29, 1.82) is 0 Å². The molecule has 0 aromatic heterocycles. The zero-order chi connectivity index (χ0) is 14.3. The quantitative estimate of drug-likeness (QED) is 0.821. The summed E-state index contributed by atoms with van der Waals surface area (Å²) in [5, 5.41) is 8.79. The summed E-state index contributed by atoms with van der Waals surface area (Å²) in [7, 11) is 0. The molecule has 1 rings (SSSR count). The Kier molecular flexibility index (Phi) is 6.06. The van der Waals surface area contributed by atoms with Crippen LogP contribution in [-0.4, -0.2) is 35.0 Å². The van der Waals surface area contributed by atoms with Crippen LogP contribution in [0.1, 0.15) is 30.9 Å². The lowest BCUT2D eigenvalue weighted by atomic mass is 10.0. The van der Waals surface area contributed by atoms with Crippen LogP contribution in [0.3, 0.4) is 0 Å². The number of benzene rings is 1. The maximum atomic E-state index is 12.0. The van der Waals surface area contributed by atoms with Gasteiger partial charge in [-0.3, -0.25) is 9.59 Å². The number of aliphatic carboxylic acids is 1. The van der Waals surface area contributed by atoms with Crippen molar-refractivity contribution in [3.05, 3.63) is 35.4 Å². The molecule has 0 aliphatic heterocycles. The van der Waals surface area contributed by atoms with E-state index in [2.05, 4.69) is 0 Å². The summed E-state index contributed by atoms with van der Waals surface area (Å²) in [6, 6.07) is 7.94. The van der Waals surface area contributed by atoms with E-state index in [1.54, 1.807) is 0 Å². The Hall–Kier alpha value is -1.84. The van der Waals surface area contributed by atoms with Crippen LogP contribution < -0.4 is 0 Å². The van der Waals surface area contributed by atoms with Crippen molar-refractivity contribution in [2.75, 3.05) is 13.1 Å². The van der Waals surface area contributed by atoms with E-state index in [1.165, 1.54) is 4.90 Å².